The van der Waals surface area contributed by atoms with E-state index in [1.165, 1.54) is 25.2 Å². The van der Waals surface area contributed by atoms with Crippen molar-refractivity contribution in [2.75, 3.05) is 31.3 Å². The predicted molar refractivity (Wildman–Crippen MR) is 156 cm³/mol. The molecule has 0 fully saturated rings. The molecule has 0 amide bonds. The van der Waals surface area contributed by atoms with Gasteiger partial charge in [-0.15, -0.1) is 0 Å². The third-order valence-electron chi connectivity index (χ3n) is 5.66. The van der Waals surface area contributed by atoms with Gasteiger partial charge in [0.1, 0.15) is 31.0 Å². The number of benzene rings is 2. The second-order valence-electron chi connectivity index (χ2n) is 9.60. The van der Waals surface area contributed by atoms with E-state index in [2.05, 4.69) is 45.4 Å². The van der Waals surface area contributed by atoms with E-state index in [1.54, 1.807) is 60.8 Å². The molecule has 11 nitrogen and oxygen atoms in total. The number of nitrogens with one attached hydrogen (secondary N) is 1. The Bertz CT molecular complexity index is 1580. The van der Waals surface area contributed by atoms with Crippen LogP contribution in [-0.4, -0.2) is 54.9 Å². The number of hydrogen-bond donors (Lipinski definition) is 1. The molecule has 0 aliphatic carbocycles. The molecule has 0 saturated carbocycles. The topological polar surface area (TPSA) is 135 Å². The average molecular weight is 598 g/mol. The van der Waals surface area contributed by atoms with Crippen LogP contribution in [0, 0.1) is 0 Å². The lowest BCUT2D eigenvalue weighted by Crippen LogP contribution is -2.17. The highest BCUT2D eigenvalue weighted by molar-refractivity contribution is 7.98. The standard InChI is InChI=1S/C28H31N5O6S2/c1-28(2,3)19-9-11-22(12-10-19)41(34,35)33-25-24(39-21-8-6-7-20(17-21)36-4)26(31-18-30-25)38-16-15-37-23-13-14-29-27(32-23)40-5/h6-14,17-18H,15-16H2,1-5H3,(H,30,31,33). The van der Waals surface area contributed by atoms with Gasteiger partial charge >= 0.3 is 0 Å². The van der Waals surface area contributed by atoms with Gasteiger partial charge in [-0.25, -0.2) is 18.4 Å². The number of thioether (sulfide) groups is 1. The van der Waals surface area contributed by atoms with Crippen molar-refractivity contribution >= 4 is 27.6 Å². The Labute approximate surface area is 243 Å². The number of rotatable bonds is 12. The molecule has 41 heavy (non-hydrogen) atoms. The zero-order chi connectivity index (χ0) is 29.5. The van der Waals surface area contributed by atoms with Crippen LogP contribution >= 0.6 is 11.8 Å². The maximum Gasteiger partial charge on any atom is 0.263 e. The molecule has 4 aromatic rings. The lowest BCUT2D eigenvalue weighted by Gasteiger charge is -2.19. The Kier molecular flexibility index (Phi) is 9.50. The van der Waals surface area contributed by atoms with Crippen molar-refractivity contribution in [3.63, 3.8) is 0 Å². The van der Waals surface area contributed by atoms with Crippen LogP contribution in [0.4, 0.5) is 5.82 Å². The number of sulfonamides is 1. The van der Waals surface area contributed by atoms with Gasteiger partial charge in [0.25, 0.3) is 15.9 Å². The molecule has 0 saturated heterocycles. The quantitative estimate of drug-likeness (QED) is 0.129. The van der Waals surface area contributed by atoms with Crippen LogP contribution in [-0.2, 0) is 15.4 Å². The predicted octanol–water partition coefficient (Wildman–Crippen LogP) is 5.35. The van der Waals surface area contributed by atoms with Gasteiger partial charge in [0.2, 0.25) is 11.6 Å². The SMILES string of the molecule is COc1cccc(Oc2c(NS(=O)(=O)c3ccc(C(C)(C)C)cc3)ncnc2OCCOc2ccnc(SC)n2)c1. The largest absolute Gasteiger partial charge is 0.497 e. The van der Waals surface area contributed by atoms with Gasteiger partial charge in [-0.05, 0) is 41.5 Å². The first-order valence-electron chi connectivity index (χ1n) is 12.5. The fraction of sp³-hybridized carbons (Fsp3) is 0.286. The first-order chi connectivity index (χ1) is 19.6. The number of methoxy groups -OCH3 is 1. The Balaban J connectivity index is 1.58. The van der Waals surface area contributed by atoms with E-state index in [0.717, 1.165) is 5.56 Å². The summed E-state index contributed by atoms with van der Waals surface area (Å²) in [5.41, 5.74) is 0.880. The fourth-order valence-electron chi connectivity index (χ4n) is 3.52. The zero-order valence-corrected chi connectivity index (χ0v) is 25.0. The molecule has 0 aliphatic heterocycles. The van der Waals surface area contributed by atoms with Crippen molar-refractivity contribution < 1.29 is 27.4 Å². The molecule has 4 rings (SSSR count). The molecule has 0 atom stereocenters. The first kappa shape index (κ1) is 29.9. The van der Waals surface area contributed by atoms with E-state index in [4.69, 9.17) is 18.9 Å². The third kappa shape index (κ3) is 7.98. The molecular weight excluding hydrogens is 566 g/mol. The van der Waals surface area contributed by atoms with Gasteiger partial charge < -0.3 is 18.9 Å². The van der Waals surface area contributed by atoms with Crippen molar-refractivity contribution in [3.05, 3.63) is 72.7 Å². The smallest absolute Gasteiger partial charge is 0.263 e. The van der Waals surface area contributed by atoms with Crippen molar-refractivity contribution in [2.45, 2.75) is 36.2 Å². The van der Waals surface area contributed by atoms with E-state index < -0.39 is 10.0 Å². The molecule has 0 radical (unpaired) electrons. The maximum atomic E-state index is 13.3. The molecule has 1 N–H and O–H groups in total. The molecule has 2 aromatic carbocycles. The summed E-state index contributed by atoms with van der Waals surface area (Å²) in [5.74, 6) is 1.20. The van der Waals surface area contributed by atoms with Gasteiger partial charge in [0.05, 0.1) is 12.0 Å². The van der Waals surface area contributed by atoms with E-state index in [1.807, 2.05) is 6.26 Å². The van der Waals surface area contributed by atoms with Crippen LogP contribution in [0.25, 0.3) is 0 Å². The highest BCUT2D eigenvalue weighted by atomic mass is 32.2. The van der Waals surface area contributed by atoms with Crippen molar-refractivity contribution in [1.82, 2.24) is 19.9 Å². The van der Waals surface area contributed by atoms with E-state index in [0.29, 0.717) is 22.5 Å². The second kappa shape index (κ2) is 13.0. The number of anilines is 1. The van der Waals surface area contributed by atoms with Gasteiger partial charge in [0, 0.05) is 18.3 Å². The number of ether oxygens (including phenoxy) is 4. The maximum absolute atomic E-state index is 13.3. The van der Waals surface area contributed by atoms with Crippen LogP contribution in [0.3, 0.4) is 0 Å². The minimum atomic E-state index is -4.03. The van der Waals surface area contributed by atoms with Crippen molar-refractivity contribution in [1.29, 1.82) is 0 Å². The lowest BCUT2D eigenvalue weighted by atomic mass is 9.87. The summed E-state index contributed by atoms with van der Waals surface area (Å²) in [5, 5.41) is 0.582. The zero-order valence-electron chi connectivity index (χ0n) is 23.3. The molecule has 0 spiro atoms. The number of hydrogen-bond acceptors (Lipinski definition) is 11. The summed E-state index contributed by atoms with van der Waals surface area (Å²) in [7, 11) is -2.50. The minimum Gasteiger partial charge on any atom is -0.497 e. The molecule has 216 valence electrons. The Morgan fingerprint density at radius 2 is 1.66 bits per heavy atom. The summed E-state index contributed by atoms with van der Waals surface area (Å²) in [6, 6.07) is 15.1. The van der Waals surface area contributed by atoms with Crippen molar-refractivity contribution in [2.24, 2.45) is 0 Å². The molecule has 2 heterocycles. The number of nitrogens with zero attached hydrogens (tertiary/aromatic N) is 4. The van der Waals surface area contributed by atoms with Crippen LogP contribution in [0.2, 0.25) is 0 Å². The lowest BCUT2D eigenvalue weighted by molar-refractivity contribution is 0.201. The summed E-state index contributed by atoms with van der Waals surface area (Å²) in [4.78, 5) is 16.8. The Hall–Kier alpha value is -4.10. The van der Waals surface area contributed by atoms with Gasteiger partial charge in [0.15, 0.2) is 11.0 Å². The Morgan fingerprint density at radius 1 is 0.927 bits per heavy atom. The van der Waals surface area contributed by atoms with Crippen LogP contribution < -0.4 is 23.7 Å². The van der Waals surface area contributed by atoms with E-state index in [-0.39, 0.29) is 41.0 Å². The van der Waals surface area contributed by atoms with E-state index >= 15 is 0 Å². The summed E-state index contributed by atoms with van der Waals surface area (Å²) in [6.45, 7) is 6.36. The van der Waals surface area contributed by atoms with Crippen LogP contribution in [0.15, 0.2) is 77.2 Å². The molecular formula is C28H31N5O6S2. The monoisotopic (exact) mass is 597 g/mol. The summed E-state index contributed by atoms with van der Waals surface area (Å²) in [6.07, 6.45) is 4.66. The second-order valence-corrected chi connectivity index (χ2v) is 12.1. The molecule has 0 unspecified atom stereocenters. The van der Waals surface area contributed by atoms with E-state index in [9.17, 15) is 8.42 Å². The van der Waals surface area contributed by atoms with Gasteiger partial charge in [-0.3, -0.25) is 4.72 Å². The van der Waals surface area contributed by atoms with Crippen molar-refractivity contribution in [3.8, 4) is 29.0 Å². The van der Waals surface area contributed by atoms with Gasteiger partial charge in [-0.1, -0.05) is 50.7 Å². The normalized spacial score (nSPS) is 11.5. The molecule has 2 aromatic heterocycles. The molecule has 0 aliphatic rings. The first-order valence-corrected chi connectivity index (χ1v) is 15.2. The fourth-order valence-corrected chi connectivity index (χ4v) is 4.88. The summed E-state index contributed by atoms with van der Waals surface area (Å²) < 4.78 is 52.0. The van der Waals surface area contributed by atoms with Crippen LogP contribution in [0.5, 0.6) is 29.0 Å². The van der Waals surface area contributed by atoms with Gasteiger partial charge in [-0.2, -0.15) is 9.97 Å². The summed E-state index contributed by atoms with van der Waals surface area (Å²) >= 11 is 1.40. The average Bonchev–Trinajstić information content (AvgIpc) is 2.96. The molecule has 13 heteroatoms. The van der Waals surface area contributed by atoms with Crippen LogP contribution in [0.1, 0.15) is 26.3 Å². The number of aromatic nitrogens is 4. The Morgan fingerprint density at radius 3 is 2.37 bits per heavy atom. The highest BCUT2D eigenvalue weighted by Gasteiger charge is 2.23. The minimum absolute atomic E-state index is 0.0136. The molecule has 0 bridgehead atoms. The highest BCUT2D eigenvalue weighted by Crippen LogP contribution is 2.37. The third-order valence-corrected chi connectivity index (χ3v) is 7.57.